The van der Waals surface area contributed by atoms with Gasteiger partial charge >= 0.3 is 12.1 Å². The molecule has 7 nitrogen and oxygen atoms in total. The van der Waals surface area contributed by atoms with Crippen LogP contribution in [0.15, 0.2) is 42.5 Å². The molecule has 198 valence electrons. The molecule has 2 aromatic heterocycles. The molecule has 3 heterocycles. The maximum absolute atomic E-state index is 13.6. The number of benzene rings is 2. The standard InChI is InChI=1S/C24H17Cl2F5N6O/c1-22(11-2-4-12(25)5-3-11)16-18(32)33-20(34-19(16)35-21(22)38)17-14-7-6-13(26)10-15(14)37(36-17)9-8-23(27,28)24(29,30)31/h2-7,10H,8-9H2,1H3,(H3,32,33,34,35,38). The number of nitrogens with two attached hydrogens (primary N) is 1. The first kappa shape index (κ1) is 26.1. The van der Waals surface area contributed by atoms with Gasteiger partial charge in [0.1, 0.15) is 22.7 Å². The number of fused-ring (bicyclic) bond motifs is 2. The fraction of sp³-hybridized carbons (Fsp3) is 0.250. The topological polar surface area (TPSA) is 98.7 Å². The highest BCUT2D eigenvalue weighted by molar-refractivity contribution is 6.31. The molecule has 1 atom stereocenters. The van der Waals surface area contributed by atoms with E-state index in [0.717, 1.165) is 4.68 Å². The number of nitrogens with one attached hydrogen (secondary N) is 1. The van der Waals surface area contributed by atoms with Gasteiger partial charge in [0.15, 0.2) is 5.82 Å². The maximum atomic E-state index is 13.6. The Bertz CT molecular complexity index is 1590. The van der Waals surface area contributed by atoms with Gasteiger partial charge in [0.05, 0.1) is 11.1 Å². The monoisotopic (exact) mass is 570 g/mol. The van der Waals surface area contributed by atoms with Crippen molar-refractivity contribution < 1.29 is 26.7 Å². The highest BCUT2D eigenvalue weighted by Crippen LogP contribution is 2.45. The molecule has 0 spiro atoms. The lowest BCUT2D eigenvalue weighted by Gasteiger charge is -2.23. The minimum absolute atomic E-state index is 0.0407. The highest BCUT2D eigenvalue weighted by Gasteiger charge is 2.56. The molecule has 1 unspecified atom stereocenters. The molecule has 5 rings (SSSR count). The normalized spacial score (nSPS) is 17.6. The van der Waals surface area contributed by atoms with Gasteiger partial charge in [0.25, 0.3) is 0 Å². The van der Waals surface area contributed by atoms with Gasteiger partial charge in [-0.05, 0) is 42.8 Å². The van der Waals surface area contributed by atoms with Crippen LogP contribution in [0.2, 0.25) is 10.0 Å². The Balaban J connectivity index is 1.60. The van der Waals surface area contributed by atoms with E-state index in [0.29, 0.717) is 21.5 Å². The summed E-state index contributed by atoms with van der Waals surface area (Å²) >= 11 is 12.0. The molecule has 2 aromatic carbocycles. The lowest BCUT2D eigenvalue weighted by molar-refractivity contribution is -0.285. The van der Waals surface area contributed by atoms with Crippen molar-refractivity contribution in [3.8, 4) is 11.5 Å². The fourth-order valence-electron chi connectivity index (χ4n) is 4.44. The first-order valence-electron chi connectivity index (χ1n) is 11.1. The number of nitrogen functional groups attached to an aromatic ring is 1. The SMILES string of the molecule is CC1(c2ccc(Cl)cc2)C(=O)Nc2nc(-c3nn(CCC(F)(F)C(F)(F)F)c4cc(Cl)ccc34)nc(N)c21. The third kappa shape index (κ3) is 4.11. The van der Waals surface area contributed by atoms with Gasteiger partial charge in [0, 0.05) is 28.4 Å². The Hall–Kier alpha value is -3.51. The number of aryl methyl sites for hydroxylation is 1. The maximum Gasteiger partial charge on any atom is 0.453 e. The summed E-state index contributed by atoms with van der Waals surface area (Å²) in [5, 5.41) is 7.96. The lowest BCUT2D eigenvalue weighted by atomic mass is 9.78. The van der Waals surface area contributed by atoms with E-state index >= 15 is 0 Å². The Labute approximate surface area is 221 Å². The van der Waals surface area contributed by atoms with Gasteiger partial charge < -0.3 is 11.1 Å². The number of aromatic nitrogens is 4. The first-order chi connectivity index (χ1) is 17.7. The molecule has 0 saturated carbocycles. The molecule has 4 aromatic rings. The highest BCUT2D eigenvalue weighted by atomic mass is 35.5. The van der Waals surface area contributed by atoms with Gasteiger partial charge in [-0.2, -0.15) is 27.1 Å². The Morgan fingerprint density at radius 1 is 1.03 bits per heavy atom. The summed E-state index contributed by atoms with van der Waals surface area (Å²) in [5.74, 6) is -5.31. The summed E-state index contributed by atoms with van der Waals surface area (Å²) in [5.41, 5.74) is 6.25. The third-order valence-electron chi connectivity index (χ3n) is 6.52. The van der Waals surface area contributed by atoms with Crippen molar-refractivity contribution in [2.24, 2.45) is 0 Å². The molecular weight excluding hydrogens is 554 g/mol. The van der Waals surface area contributed by atoms with Crippen LogP contribution in [0.25, 0.3) is 22.4 Å². The molecule has 0 fully saturated rings. The molecule has 0 bridgehead atoms. The van der Waals surface area contributed by atoms with E-state index in [9.17, 15) is 26.7 Å². The van der Waals surface area contributed by atoms with Crippen LogP contribution in [-0.2, 0) is 16.8 Å². The molecule has 14 heteroatoms. The minimum atomic E-state index is -5.71. The van der Waals surface area contributed by atoms with Gasteiger partial charge in [0.2, 0.25) is 5.91 Å². The zero-order valence-corrected chi connectivity index (χ0v) is 20.9. The van der Waals surface area contributed by atoms with Crippen LogP contribution in [-0.4, -0.2) is 37.8 Å². The van der Waals surface area contributed by atoms with Gasteiger partial charge in [-0.15, -0.1) is 0 Å². The molecule has 1 aliphatic heterocycles. The number of hydrogen-bond acceptors (Lipinski definition) is 5. The summed E-state index contributed by atoms with van der Waals surface area (Å²) in [7, 11) is 0. The zero-order valence-electron chi connectivity index (χ0n) is 19.4. The second-order valence-electron chi connectivity index (χ2n) is 8.93. The van der Waals surface area contributed by atoms with E-state index in [1.165, 1.54) is 18.2 Å². The van der Waals surface area contributed by atoms with Crippen LogP contribution in [0.3, 0.4) is 0 Å². The lowest BCUT2D eigenvalue weighted by Crippen LogP contribution is -2.37. The number of halogens is 7. The van der Waals surface area contributed by atoms with E-state index in [-0.39, 0.29) is 33.7 Å². The van der Waals surface area contributed by atoms with E-state index in [1.807, 2.05) is 0 Å². The van der Waals surface area contributed by atoms with Crippen molar-refractivity contribution in [2.75, 3.05) is 11.1 Å². The Morgan fingerprint density at radius 2 is 1.68 bits per heavy atom. The van der Waals surface area contributed by atoms with E-state index in [4.69, 9.17) is 28.9 Å². The van der Waals surface area contributed by atoms with Crippen molar-refractivity contribution in [3.05, 3.63) is 63.6 Å². The summed E-state index contributed by atoms with van der Waals surface area (Å²) < 4.78 is 66.4. The van der Waals surface area contributed by atoms with Gasteiger partial charge in [-0.3, -0.25) is 9.48 Å². The molecule has 38 heavy (non-hydrogen) atoms. The van der Waals surface area contributed by atoms with Crippen molar-refractivity contribution in [1.82, 2.24) is 19.7 Å². The van der Waals surface area contributed by atoms with Crippen molar-refractivity contribution >= 4 is 51.6 Å². The number of amides is 1. The number of anilines is 2. The third-order valence-corrected chi connectivity index (χ3v) is 7.01. The number of hydrogen-bond donors (Lipinski definition) is 2. The molecule has 0 aliphatic carbocycles. The Morgan fingerprint density at radius 3 is 2.34 bits per heavy atom. The first-order valence-corrected chi connectivity index (χ1v) is 11.8. The van der Waals surface area contributed by atoms with E-state index in [1.54, 1.807) is 31.2 Å². The van der Waals surface area contributed by atoms with Crippen LogP contribution in [0.5, 0.6) is 0 Å². The van der Waals surface area contributed by atoms with Crippen LogP contribution in [0.4, 0.5) is 33.6 Å². The zero-order chi connectivity index (χ0) is 27.6. The fourth-order valence-corrected chi connectivity index (χ4v) is 4.74. The summed E-state index contributed by atoms with van der Waals surface area (Å²) in [6.07, 6.45) is -7.25. The summed E-state index contributed by atoms with van der Waals surface area (Å²) in [6.45, 7) is 0.888. The van der Waals surface area contributed by atoms with Gasteiger partial charge in [-0.1, -0.05) is 35.3 Å². The van der Waals surface area contributed by atoms with E-state index in [2.05, 4.69) is 20.4 Å². The number of alkyl halides is 5. The predicted octanol–water partition coefficient (Wildman–Crippen LogP) is 6.23. The van der Waals surface area contributed by atoms with Crippen LogP contribution >= 0.6 is 23.2 Å². The molecular formula is C24H17Cl2F5N6O. The number of carbonyl (C=O) groups is 1. The number of rotatable bonds is 5. The molecule has 0 radical (unpaired) electrons. The summed E-state index contributed by atoms with van der Waals surface area (Å²) in [4.78, 5) is 21.8. The largest absolute Gasteiger partial charge is 0.453 e. The smallest absolute Gasteiger partial charge is 0.383 e. The van der Waals surface area contributed by atoms with Crippen LogP contribution in [0, 0.1) is 0 Å². The van der Waals surface area contributed by atoms with Crippen LogP contribution < -0.4 is 11.1 Å². The summed E-state index contributed by atoms with van der Waals surface area (Å²) in [6, 6.07) is 11.0. The number of carbonyl (C=O) groups excluding carboxylic acids is 1. The molecule has 1 amide bonds. The van der Waals surface area contributed by atoms with Crippen molar-refractivity contribution in [2.45, 2.75) is 37.4 Å². The Kier molecular flexibility index (Phi) is 6.03. The molecule has 0 saturated heterocycles. The predicted molar refractivity (Wildman–Crippen MR) is 132 cm³/mol. The quantitative estimate of drug-likeness (QED) is 0.277. The second-order valence-corrected chi connectivity index (χ2v) is 9.80. The van der Waals surface area contributed by atoms with Crippen molar-refractivity contribution in [1.29, 1.82) is 0 Å². The van der Waals surface area contributed by atoms with Gasteiger partial charge in [-0.25, -0.2) is 9.97 Å². The molecule has 3 N–H and O–H groups in total. The number of nitrogens with zero attached hydrogens (tertiary/aromatic N) is 4. The van der Waals surface area contributed by atoms with Crippen molar-refractivity contribution in [3.63, 3.8) is 0 Å². The minimum Gasteiger partial charge on any atom is -0.383 e. The van der Waals surface area contributed by atoms with E-state index < -0.39 is 36.4 Å². The average molecular weight is 571 g/mol. The average Bonchev–Trinajstić information content (AvgIpc) is 3.32. The molecule has 1 aliphatic rings. The second kappa shape index (κ2) is 8.77. The van der Waals surface area contributed by atoms with Crippen LogP contribution in [0.1, 0.15) is 24.5 Å².